The smallest absolute Gasteiger partial charge is 0.534 e. The molecular weight excluding hydrogens is 295 g/mol. The van der Waals surface area contributed by atoms with E-state index in [1.165, 1.54) is 18.9 Å². The van der Waals surface area contributed by atoms with Gasteiger partial charge >= 0.3 is 13.1 Å². The minimum atomic E-state index is -1.16. The number of carbonyl (C=O) groups is 2. The first-order valence-electron chi connectivity index (χ1n) is 6.41. The summed E-state index contributed by atoms with van der Waals surface area (Å²) < 4.78 is 10.4. The van der Waals surface area contributed by atoms with E-state index in [9.17, 15) is 19.7 Å². The SMILES string of the molecule is COc1ccc2c(c1C(=O)O)OB(O)C(SCCC=O)C2. The van der Waals surface area contributed by atoms with Crippen LogP contribution in [-0.4, -0.2) is 47.5 Å². The van der Waals surface area contributed by atoms with Crippen molar-refractivity contribution in [2.75, 3.05) is 12.9 Å². The Morgan fingerprint density at radius 3 is 3.00 bits per heavy atom. The number of fused-ring (bicyclic) bond motifs is 1. The minimum absolute atomic E-state index is 0.0783. The van der Waals surface area contributed by atoms with Gasteiger partial charge in [-0.15, -0.1) is 0 Å². The van der Waals surface area contributed by atoms with E-state index >= 15 is 0 Å². The standard InChI is InChI=1S/C13H15BO6S/c1-19-9-4-3-8-7-10(21-6-2-5-15)14(18)20-12(8)11(9)13(16)17/h3-5,10,18H,2,6-7H2,1H3,(H,16,17). The lowest BCUT2D eigenvalue weighted by Crippen LogP contribution is -2.41. The predicted molar refractivity (Wildman–Crippen MR) is 79.2 cm³/mol. The van der Waals surface area contributed by atoms with E-state index in [2.05, 4.69) is 0 Å². The van der Waals surface area contributed by atoms with E-state index in [-0.39, 0.29) is 22.2 Å². The minimum Gasteiger partial charge on any atom is -0.534 e. The quantitative estimate of drug-likeness (QED) is 0.460. The Kier molecular flexibility index (Phi) is 5.14. The number of thioether (sulfide) groups is 1. The predicted octanol–water partition coefficient (Wildman–Crippen LogP) is 1.04. The molecule has 1 unspecified atom stereocenters. The number of hydrogen-bond acceptors (Lipinski definition) is 6. The zero-order valence-electron chi connectivity index (χ0n) is 11.4. The maximum Gasteiger partial charge on any atom is 0.536 e. The molecule has 2 rings (SSSR count). The molecule has 21 heavy (non-hydrogen) atoms. The average Bonchev–Trinajstić information content (AvgIpc) is 2.46. The molecular formula is C13H15BO6S. The van der Waals surface area contributed by atoms with Gasteiger partial charge in [-0.2, -0.15) is 11.8 Å². The van der Waals surface area contributed by atoms with Gasteiger partial charge in [-0.25, -0.2) is 4.79 Å². The van der Waals surface area contributed by atoms with Crippen molar-refractivity contribution in [3.05, 3.63) is 23.3 Å². The summed E-state index contributed by atoms with van der Waals surface area (Å²) in [5.74, 6) is -0.226. The third-order valence-electron chi connectivity index (χ3n) is 3.18. The summed E-state index contributed by atoms with van der Waals surface area (Å²) in [5.41, 5.74) is 0.632. The fourth-order valence-corrected chi connectivity index (χ4v) is 3.25. The van der Waals surface area contributed by atoms with Crippen LogP contribution in [-0.2, 0) is 11.2 Å². The van der Waals surface area contributed by atoms with E-state index < -0.39 is 13.1 Å². The summed E-state index contributed by atoms with van der Waals surface area (Å²) >= 11 is 1.43. The first-order valence-corrected chi connectivity index (χ1v) is 7.46. The van der Waals surface area contributed by atoms with E-state index in [1.807, 2.05) is 0 Å². The van der Waals surface area contributed by atoms with Gasteiger partial charge in [-0.1, -0.05) is 6.07 Å². The Morgan fingerprint density at radius 1 is 1.62 bits per heavy atom. The molecule has 1 aromatic rings. The second kappa shape index (κ2) is 6.86. The number of carboxylic acids is 1. The zero-order valence-corrected chi connectivity index (χ0v) is 12.3. The highest BCUT2D eigenvalue weighted by molar-refractivity contribution is 8.01. The molecule has 0 saturated heterocycles. The highest BCUT2D eigenvalue weighted by Gasteiger charge is 2.38. The Balaban J connectivity index is 2.27. The van der Waals surface area contributed by atoms with Gasteiger partial charge in [0.05, 0.1) is 12.3 Å². The molecule has 8 heteroatoms. The Bertz CT molecular complexity index is 550. The van der Waals surface area contributed by atoms with E-state index in [0.29, 0.717) is 24.2 Å². The van der Waals surface area contributed by atoms with Crippen LogP contribution in [0.25, 0.3) is 0 Å². The molecule has 2 N–H and O–H groups in total. The van der Waals surface area contributed by atoms with Gasteiger partial charge in [-0.3, -0.25) is 0 Å². The topological polar surface area (TPSA) is 93.1 Å². The zero-order chi connectivity index (χ0) is 15.4. The number of hydrogen-bond donors (Lipinski definition) is 2. The molecule has 0 fully saturated rings. The largest absolute Gasteiger partial charge is 0.536 e. The maximum atomic E-state index is 11.4. The molecule has 0 aromatic heterocycles. The molecule has 0 amide bonds. The van der Waals surface area contributed by atoms with E-state index in [1.54, 1.807) is 12.1 Å². The third-order valence-corrected chi connectivity index (χ3v) is 4.48. The average molecular weight is 310 g/mol. The fraction of sp³-hybridized carbons (Fsp3) is 0.385. The monoisotopic (exact) mass is 310 g/mol. The van der Waals surface area contributed by atoms with Crippen molar-refractivity contribution < 1.29 is 29.1 Å². The lowest BCUT2D eigenvalue weighted by atomic mass is 9.77. The molecule has 1 aliphatic heterocycles. The molecule has 112 valence electrons. The van der Waals surface area contributed by atoms with Crippen LogP contribution < -0.4 is 9.39 Å². The molecule has 1 aliphatic rings. The number of aromatic carboxylic acids is 1. The fourth-order valence-electron chi connectivity index (χ4n) is 2.20. The second-order valence-corrected chi connectivity index (χ2v) is 5.86. The number of aldehydes is 1. The lowest BCUT2D eigenvalue weighted by Gasteiger charge is -2.28. The van der Waals surface area contributed by atoms with Crippen molar-refractivity contribution >= 4 is 31.1 Å². The number of ether oxygens (including phenoxy) is 1. The number of benzene rings is 1. The Morgan fingerprint density at radius 2 is 2.38 bits per heavy atom. The molecule has 1 atom stereocenters. The van der Waals surface area contributed by atoms with Gasteiger partial charge in [0.2, 0.25) is 0 Å². The van der Waals surface area contributed by atoms with Gasteiger partial charge in [0, 0.05) is 6.42 Å². The second-order valence-electron chi connectivity index (χ2n) is 4.51. The molecule has 0 bridgehead atoms. The highest BCUT2D eigenvalue weighted by atomic mass is 32.2. The summed E-state index contributed by atoms with van der Waals surface area (Å²) in [5, 5.41) is 19.1. The first kappa shape index (κ1) is 15.7. The number of carbonyl (C=O) groups excluding carboxylic acids is 1. The van der Waals surface area contributed by atoms with Crippen LogP contribution in [0.3, 0.4) is 0 Å². The van der Waals surface area contributed by atoms with Gasteiger partial charge < -0.3 is 24.3 Å². The van der Waals surface area contributed by atoms with Crippen molar-refractivity contribution in [1.82, 2.24) is 0 Å². The van der Waals surface area contributed by atoms with Crippen molar-refractivity contribution in [1.29, 1.82) is 0 Å². The van der Waals surface area contributed by atoms with Gasteiger partial charge in [0.25, 0.3) is 0 Å². The Hall–Kier alpha value is -1.67. The molecule has 6 nitrogen and oxygen atoms in total. The normalized spacial score (nSPS) is 16.9. The molecule has 0 radical (unpaired) electrons. The van der Waals surface area contributed by atoms with Crippen molar-refractivity contribution in [3.63, 3.8) is 0 Å². The number of methoxy groups -OCH3 is 1. The molecule has 0 aliphatic carbocycles. The van der Waals surface area contributed by atoms with Crippen LogP contribution in [0.2, 0.25) is 0 Å². The summed E-state index contributed by atoms with van der Waals surface area (Å²) in [7, 11) is 0.269. The van der Waals surface area contributed by atoms with Gasteiger partial charge in [0.15, 0.2) is 0 Å². The molecule has 0 saturated carbocycles. The van der Waals surface area contributed by atoms with Crippen LogP contribution in [0.15, 0.2) is 12.1 Å². The van der Waals surface area contributed by atoms with Gasteiger partial charge in [0.1, 0.15) is 23.3 Å². The van der Waals surface area contributed by atoms with Crippen LogP contribution in [0.5, 0.6) is 11.5 Å². The summed E-state index contributed by atoms with van der Waals surface area (Å²) in [6.07, 6.45) is 1.71. The summed E-state index contributed by atoms with van der Waals surface area (Å²) in [4.78, 5) is 21.7. The van der Waals surface area contributed by atoms with E-state index in [4.69, 9.17) is 9.39 Å². The Labute approximate surface area is 126 Å². The summed E-state index contributed by atoms with van der Waals surface area (Å²) in [6.45, 7) is 0. The highest BCUT2D eigenvalue weighted by Crippen LogP contribution is 2.38. The lowest BCUT2D eigenvalue weighted by molar-refractivity contribution is -0.107. The van der Waals surface area contributed by atoms with Crippen molar-refractivity contribution in [3.8, 4) is 11.5 Å². The molecule has 1 heterocycles. The molecule has 1 aromatic carbocycles. The first-order chi connectivity index (χ1) is 10.1. The van der Waals surface area contributed by atoms with Crippen molar-refractivity contribution in [2.24, 2.45) is 0 Å². The van der Waals surface area contributed by atoms with Gasteiger partial charge in [-0.05, 0) is 23.8 Å². The van der Waals surface area contributed by atoms with Crippen LogP contribution in [0, 0.1) is 0 Å². The van der Waals surface area contributed by atoms with Crippen molar-refractivity contribution in [2.45, 2.75) is 18.0 Å². The van der Waals surface area contributed by atoms with Crippen LogP contribution in [0.4, 0.5) is 0 Å². The van der Waals surface area contributed by atoms with E-state index in [0.717, 1.165) is 6.29 Å². The van der Waals surface area contributed by atoms with Crippen LogP contribution >= 0.6 is 11.8 Å². The number of rotatable bonds is 6. The van der Waals surface area contributed by atoms with Crippen LogP contribution in [0.1, 0.15) is 22.3 Å². The number of carboxylic acid groups (broad SMARTS) is 1. The third kappa shape index (κ3) is 3.33. The maximum absolute atomic E-state index is 11.4. The summed E-state index contributed by atoms with van der Waals surface area (Å²) in [6, 6.07) is 3.32. The molecule has 0 spiro atoms.